The van der Waals surface area contributed by atoms with Gasteiger partial charge >= 0.3 is 5.69 Å². The first kappa shape index (κ1) is 19.6. The topological polar surface area (TPSA) is 61.3 Å². The molecule has 1 N–H and O–H groups in total. The van der Waals surface area contributed by atoms with E-state index in [-0.39, 0.29) is 11.2 Å². The van der Waals surface area contributed by atoms with Crippen LogP contribution in [0, 0.1) is 13.8 Å². The molecule has 6 nitrogen and oxygen atoms in total. The number of hydrogen-bond acceptors (Lipinski definition) is 4. The quantitative estimate of drug-likeness (QED) is 0.755. The predicted molar refractivity (Wildman–Crippen MR) is 108 cm³/mol. The SMILES string of the molecule is Cc1ccccc1CN1CCN(CCCCn2cc(C)c(=O)[nH]c2=O)CC1. The molecule has 6 heteroatoms. The van der Waals surface area contributed by atoms with Crippen LogP contribution in [0.5, 0.6) is 0 Å². The van der Waals surface area contributed by atoms with Crippen LogP contribution in [-0.2, 0) is 13.1 Å². The fraction of sp³-hybridized carbons (Fsp3) is 0.524. The van der Waals surface area contributed by atoms with Gasteiger partial charge in [-0.1, -0.05) is 24.3 Å². The van der Waals surface area contributed by atoms with Crippen LogP contribution in [-0.4, -0.2) is 52.1 Å². The zero-order chi connectivity index (χ0) is 19.2. The van der Waals surface area contributed by atoms with E-state index in [1.165, 1.54) is 11.1 Å². The zero-order valence-electron chi connectivity index (χ0n) is 16.4. The van der Waals surface area contributed by atoms with Gasteiger partial charge < -0.3 is 9.47 Å². The lowest BCUT2D eigenvalue weighted by Crippen LogP contribution is -2.46. The second kappa shape index (κ2) is 9.15. The molecule has 0 aliphatic carbocycles. The molecule has 1 aliphatic rings. The summed E-state index contributed by atoms with van der Waals surface area (Å²) in [5, 5.41) is 0. The third-order valence-corrected chi connectivity index (χ3v) is 5.43. The fourth-order valence-electron chi connectivity index (χ4n) is 3.60. The number of nitrogens with one attached hydrogen (secondary N) is 1. The van der Waals surface area contributed by atoms with Crippen molar-refractivity contribution in [3.63, 3.8) is 0 Å². The molecule has 0 amide bonds. The Morgan fingerprint density at radius 2 is 1.56 bits per heavy atom. The molecular weight excluding hydrogens is 340 g/mol. The van der Waals surface area contributed by atoms with Crippen LogP contribution in [0.1, 0.15) is 29.5 Å². The highest BCUT2D eigenvalue weighted by molar-refractivity contribution is 5.25. The third-order valence-electron chi connectivity index (χ3n) is 5.43. The van der Waals surface area contributed by atoms with Gasteiger partial charge in [-0.05, 0) is 44.4 Å². The molecule has 2 heterocycles. The van der Waals surface area contributed by atoms with E-state index in [2.05, 4.69) is 46.0 Å². The number of benzene rings is 1. The first-order chi connectivity index (χ1) is 13.0. The predicted octanol–water partition coefficient (Wildman–Crippen LogP) is 1.75. The Balaban J connectivity index is 1.38. The van der Waals surface area contributed by atoms with Crippen LogP contribution in [0.3, 0.4) is 0 Å². The Bertz CT molecular complexity index is 863. The van der Waals surface area contributed by atoms with E-state index in [4.69, 9.17) is 0 Å². The van der Waals surface area contributed by atoms with Gasteiger partial charge in [0.15, 0.2) is 0 Å². The number of unbranched alkanes of at least 4 members (excludes halogenated alkanes) is 1. The smallest absolute Gasteiger partial charge is 0.301 e. The molecule has 146 valence electrons. The van der Waals surface area contributed by atoms with Crippen molar-refractivity contribution in [1.82, 2.24) is 19.4 Å². The molecule has 1 saturated heterocycles. The molecule has 1 aromatic carbocycles. The van der Waals surface area contributed by atoms with Crippen molar-refractivity contribution in [2.24, 2.45) is 0 Å². The summed E-state index contributed by atoms with van der Waals surface area (Å²) in [6.07, 6.45) is 3.66. The molecule has 0 saturated carbocycles. The van der Waals surface area contributed by atoms with Crippen LogP contribution in [0.4, 0.5) is 0 Å². The van der Waals surface area contributed by atoms with Crippen molar-refractivity contribution in [2.45, 2.75) is 39.8 Å². The number of rotatable bonds is 7. The highest BCUT2D eigenvalue weighted by Crippen LogP contribution is 2.12. The van der Waals surface area contributed by atoms with Crippen LogP contribution in [0.15, 0.2) is 40.1 Å². The minimum Gasteiger partial charge on any atom is -0.301 e. The minimum absolute atomic E-state index is 0.292. The standard InChI is InChI=1S/C21H30N4O2/c1-17-7-3-4-8-19(17)16-24-13-11-23(12-14-24)9-5-6-10-25-15-18(2)20(26)22-21(25)27/h3-4,7-8,15H,5-6,9-14,16H2,1-2H3,(H,22,26,27). The van der Waals surface area contributed by atoms with Gasteiger partial charge in [0.1, 0.15) is 0 Å². The largest absolute Gasteiger partial charge is 0.328 e. The van der Waals surface area contributed by atoms with Gasteiger partial charge in [-0.25, -0.2) is 4.79 Å². The summed E-state index contributed by atoms with van der Waals surface area (Å²) in [5.41, 5.74) is 2.77. The molecule has 3 rings (SSSR count). The number of piperazine rings is 1. The lowest BCUT2D eigenvalue weighted by molar-refractivity contribution is 0.125. The number of aryl methyl sites for hydroxylation is 3. The highest BCUT2D eigenvalue weighted by atomic mass is 16.2. The maximum Gasteiger partial charge on any atom is 0.328 e. The van der Waals surface area contributed by atoms with Crippen molar-refractivity contribution >= 4 is 0 Å². The Morgan fingerprint density at radius 3 is 2.30 bits per heavy atom. The Morgan fingerprint density at radius 1 is 0.889 bits per heavy atom. The molecule has 0 unspecified atom stereocenters. The van der Waals surface area contributed by atoms with Gasteiger partial charge in [0.25, 0.3) is 5.56 Å². The Hall–Kier alpha value is -2.18. The average Bonchev–Trinajstić information content (AvgIpc) is 2.66. The summed E-state index contributed by atoms with van der Waals surface area (Å²) >= 11 is 0. The molecule has 1 aliphatic heterocycles. The molecule has 1 aromatic heterocycles. The summed E-state index contributed by atoms with van der Waals surface area (Å²) in [6, 6.07) is 8.62. The van der Waals surface area contributed by atoms with Gasteiger partial charge in [0.05, 0.1) is 0 Å². The van der Waals surface area contributed by atoms with Crippen LogP contribution in [0.25, 0.3) is 0 Å². The number of aromatic nitrogens is 2. The van der Waals surface area contributed by atoms with Crippen LogP contribution >= 0.6 is 0 Å². The van der Waals surface area contributed by atoms with Gasteiger partial charge in [0.2, 0.25) is 0 Å². The van der Waals surface area contributed by atoms with Crippen molar-refractivity contribution in [3.8, 4) is 0 Å². The normalized spacial score (nSPS) is 15.9. The van der Waals surface area contributed by atoms with E-state index in [1.54, 1.807) is 17.7 Å². The van der Waals surface area contributed by atoms with Crippen molar-refractivity contribution < 1.29 is 0 Å². The van der Waals surface area contributed by atoms with E-state index in [0.717, 1.165) is 52.1 Å². The number of aromatic amines is 1. The molecule has 1 fully saturated rings. The molecular formula is C21H30N4O2. The van der Waals surface area contributed by atoms with Crippen molar-refractivity contribution in [3.05, 3.63) is 68.0 Å². The second-order valence-corrected chi connectivity index (χ2v) is 7.52. The average molecular weight is 370 g/mol. The number of H-pyrrole nitrogens is 1. The maximum atomic E-state index is 11.8. The molecule has 27 heavy (non-hydrogen) atoms. The third kappa shape index (κ3) is 5.40. The van der Waals surface area contributed by atoms with Crippen LogP contribution < -0.4 is 11.2 Å². The number of hydrogen-bond donors (Lipinski definition) is 1. The monoisotopic (exact) mass is 370 g/mol. The first-order valence-electron chi connectivity index (χ1n) is 9.82. The molecule has 2 aromatic rings. The van der Waals surface area contributed by atoms with Crippen LogP contribution in [0.2, 0.25) is 0 Å². The van der Waals surface area contributed by atoms with Crippen molar-refractivity contribution in [1.29, 1.82) is 0 Å². The Labute approximate surface area is 160 Å². The minimum atomic E-state index is -0.310. The van der Waals surface area contributed by atoms with E-state index >= 15 is 0 Å². The molecule has 0 bridgehead atoms. The summed E-state index contributed by atoms with van der Waals surface area (Å²) in [4.78, 5) is 30.6. The van der Waals surface area contributed by atoms with E-state index < -0.39 is 0 Å². The molecule has 0 spiro atoms. The first-order valence-corrected chi connectivity index (χ1v) is 9.82. The summed E-state index contributed by atoms with van der Waals surface area (Å²) in [7, 11) is 0. The van der Waals surface area contributed by atoms with E-state index in [9.17, 15) is 9.59 Å². The van der Waals surface area contributed by atoms with Crippen molar-refractivity contribution in [2.75, 3.05) is 32.7 Å². The zero-order valence-corrected chi connectivity index (χ0v) is 16.4. The lowest BCUT2D eigenvalue weighted by atomic mass is 10.1. The fourth-order valence-corrected chi connectivity index (χ4v) is 3.60. The summed E-state index contributed by atoms with van der Waals surface area (Å²) in [6.45, 7) is 11.1. The van der Waals surface area contributed by atoms with Gasteiger partial charge in [-0.2, -0.15) is 0 Å². The summed E-state index contributed by atoms with van der Waals surface area (Å²) < 4.78 is 1.61. The number of nitrogens with zero attached hydrogens (tertiary/aromatic N) is 3. The molecule has 0 atom stereocenters. The van der Waals surface area contributed by atoms with Gasteiger partial charge in [-0.15, -0.1) is 0 Å². The van der Waals surface area contributed by atoms with Gasteiger partial charge in [0, 0.05) is 51.0 Å². The highest BCUT2D eigenvalue weighted by Gasteiger charge is 2.17. The van der Waals surface area contributed by atoms with Gasteiger partial charge in [-0.3, -0.25) is 14.7 Å². The Kier molecular flexibility index (Phi) is 6.63. The maximum absolute atomic E-state index is 11.8. The van der Waals surface area contributed by atoms with E-state index in [1.807, 2.05) is 0 Å². The second-order valence-electron chi connectivity index (χ2n) is 7.52. The molecule has 0 radical (unpaired) electrons. The summed E-state index contributed by atoms with van der Waals surface area (Å²) in [5.74, 6) is 0. The van der Waals surface area contributed by atoms with E-state index in [0.29, 0.717) is 12.1 Å². The lowest BCUT2D eigenvalue weighted by Gasteiger charge is -2.35.